The van der Waals surface area contributed by atoms with Crippen LogP contribution in [-0.2, 0) is 22.4 Å². The SMILES string of the molecule is O=P(O)(O)CCCNCc1ccc(NCCCCC2(c3ccc(F)cc3)CCCCC2)c(C(F)(F)C(F)(F)F)c1. The fraction of sp³-hybridized carbons (Fsp3) is 0.571. The van der Waals surface area contributed by atoms with Crippen LogP contribution in [0.1, 0.15) is 74.5 Å². The molecule has 3 rings (SSSR count). The predicted octanol–water partition coefficient (Wildman–Crippen LogP) is 7.62. The smallest absolute Gasteiger partial charge is 0.385 e. The van der Waals surface area contributed by atoms with Crippen molar-refractivity contribution in [3.05, 3.63) is 65.0 Å². The quantitative estimate of drug-likeness (QED) is 0.103. The molecule has 1 saturated carbocycles. The van der Waals surface area contributed by atoms with Crippen LogP contribution in [0.25, 0.3) is 0 Å². The van der Waals surface area contributed by atoms with Crippen molar-refractivity contribution in [2.75, 3.05) is 24.6 Å². The van der Waals surface area contributed by atoms with Gasteiger partial charge < -0.3 is 20.4 Å². The van der Waals surface area contributed by atoms with Crippen LogP contribution in [0.5, 0.6) is 0 Å². The van der Waals surface area contributed by atoms with Crippen LogP contribution in [0.3, 0.4) is 0 Å². The van der Waals surface area contributed by atoms with Crippen LogP contribution in [0.15, 0.2) is 42.5 Å². The molecule has 0 heterocycles. The Kier molecular flexibility index (Phi) is 11.1. The summed E-state index contributed by atoms with van der Waals surface area (Å²) in [6.45, 7) is 0.337. The molecule has 0 unspecified atom stereocenters. The van der Waals surface area contributed by atoms with E-state index < -0.39 is 25.3 Å². The van der Waals surface area contributed by atoms with E-state index in [1.54, 1.807) is 0 Å². The van der Waals surface area contributed by atoms with Gasteiger partial charge in [-0.25, -0.2) is 4.39 Å². The van der Waals surface area contributed by atoms with Gasteiger partial charge in [0.05, 0.1) is 11.7 Å². The minimum Gasteiger partial charge on any atom is -0.385 e. The molecule has 0 bridgehead atoms. The summed E-state index contributed by atoms with van der Waals surface area (Å²) in [4.78, 5) is 17.8. The lowest BCUT2D eigenvalue weighted by molar-refractivity contribution is -0.289. The number of rotatable bonds is 14. The van der Waals surface area contributed by atoms with E-state index in [0.717, 1.165) is 56.6 Å². The predicted molar refractivity (Wildman–Crippen MR) is 143 cm³/mol. The maximum atomic E-state index is 14.5. The van der Waals surface area contributed by atoms with E-state index in [9.17, 15) is 30.9 Å². The number of unbranched alkanes of at least 4 members (excludes halogenated alkanes) is 1. The monoisotopic (exact) mass is 594 g/mol. The lowest BCUT2D eigenvalue weighted by atomic mass is 9.67. The van der Waals surface area contributed by atoms with Crippen molar-refractivity contribution in [3.63, 3.8) is 0 Å². The van der Waals surface area contributed by atoms with E-state index in [4.69, 9.17) is 9.79 Å². The maximum Gasteiger partial charge on any atom is 0.458 e. The van der Waals surface area contributed by atoms with Gasteiger partial charge >= 0.3 is 19.7 Å². The highest BCUT2D eigenvalue weighted by atomic mass is 31.2. The van der Waals surface area contributed by atoms with Crippen LogP contribution in [-0.4, -0.2) is 35.2 Å². The average molecular weight is 595 g/mol. The number of hydrogen-bond donors (Lipinski definition) is 4. The molecule has 1 fully saturated rings. The minimum atomic E-state index is -5.78. The summed E-state index contributed by atoms with van der Waals surface area (Å²) in [5.74, 6) is -5.37. The topological polar surface area (TPSA) is 81.6 Å². The van der Waals surface area contributed by atoms with Crippen molar-refractivity contribution in [1.82, 2.24) is 5.32 Å². The fourth-order valence-electron chi connectivity index (χ4n) is 5.44. The summed E-state index contributed by atoms with van der Waals surface area (Å²) >= 11 is 0. The normalized spacial score (nSPS) is 16.2. The molecule has 0 atom stereocenters. The average Bonchev–Trinajstić information content (AvgIpc) is 2.88. The van der Waals surface area contributed by atoms with Gasteiger partial charge in [0.1, 0.15) is 5.82 Å². The van der Waals surface area contributed by atoms with E-state index in [0.29, 0.717) is 6.42 Å². The Morgan fingerprint density at radius 1 is 0.875 bits per heavy atom. The number of anilines is 1. The van der Waals surface area contributed by atoms with Gasteiger partial charge in [0, 0.05) is 18.8 Å². The molecule has 0 radical (unpaired) electrons. The first kappa shape index (κ1) is 32.4. The molecule has 1 aliphatic carbocycles. The standard InChI is InChI=1S/C28H37F6N2O3P/c29-23-10-8-22(9-11-23)26(13-2-1-3-14-26)15-4-5-17-36-25-12-7-21(20-35-16-6-18-40(37,38)39)19-24(25)27(30,31)28(32,33)34/h7-12,19,35-36H,1-6,13-18,20H2,(H2,37,38,39). The summed E-state index contributed by atoms with van der Waals surface area (Å²) < 4.78 is 93.2. The largest absolute Gasteiger partial charge is 0.458 e. The molecule has 40 heavy (non-hydrogen) atoms. The third-order valence-electron chi connectivity index (χ3n) is 7.58. The molecule has 0 aromatic heterocycles. The van der Waals surface area contributed by atoms with Gasteiger partial charge in [-0.15, -0.1) is 0 Å². The number of hydrogen-bond acceptors (Lipinski definition) is 3. The molecule has 0 amide bonds. The Bertz CT molecular complexity index is 1130. The van der Waals surface area contributed by atoms with E-state index in [-0.39, 0.29) is 54.7 Å². The Labute approximate surface area is 230 Å². The van der Waals surface area contributed by atoms with Crippen LogP contribution in [0.2, 0.25) is 0 Å². The zero-order valence-corrected chi connectivity index (χ0v) is 23.1. The van der Waals surface area contributed by atoms with Gasteiger partial charge in [-0.1, -0.05) is 43.9 Å². The highest BCUT2D eigenvalue weighted by molar-refractivity contribution is 7.51. The lowest BCUT2D eigenvalue weighted by Gasteiger charge is -2.38. The molecule has 5 nitrogen and oxygen atoms in total. The fourth-order valence-corrected chi connectivity index (χ4v) is 6.01. The molecule has 0 aliphatic heterocycles. The van der Waals surface area contributed by atoms with Gasteiger partial charge in [0.15, 0.2) is 0 Å². The van der Waals surface area contributed by atoms with Gasteiger partial charge in [-0.2, -0.15) is 22.0 Å². The lowest BCUT2D eigenvalue weighted by Crippen LogP contribution is -2.34. The maximum absolute atomic E-state index is 14.5. The van der Waals surface area contributed by atoms with Gasteiger partial charge in [0.25, 0.3) is 0 Å². The summed E-state index contributed by atoms with van der Waals surface area (Å²) in [5.41, 5.74) is -0.262. The first-order chi connectivity index (χ1) is 18.7. The van der Waals surface area contributed by atoms with Crippen LogP contribution in [0, 0.1) is 5.82 Å². The number of alkyl halides is 5. The Hall–Kier alpha value is -2.07. The van der Waals surface area contributed by atoms with Gasteiger partial charge in [-0.05, 0) is 79.5 Å². The molecule has 0 spiro atoms. The van der Waals surface area contributed by atoms with Crippen molar-refractivity contribution in [2.45, 2.75) is 81.8 Å². The zero-order valence-electron chi connectivity index (χ0n) is 22.3. The highest BCUT2D eigenvalue weighted by Crippen LogP contribution is 2.47. The van der Waals surface area contributed by atoms with Crippen molar-refractivity contribution >= 4 is 13.3 Å². The van der Waals surface area contributed by atoms with E-state index in [2.05, 4.69) is 10.6 Å². The second-order valence-corrected chi connectivity index (χ2v) is 12.4. The third-order valence-corrected chi connectivity index (χ3v) is 8.47. The first-order valence-electron chi connectivity index (χ1n) is 13.6. The van der Waals surface area contributed by atoms with Crippen LogP contribution in [0.4, 0.5) is 32.0 Å². The van der Waals surface area contributed by atoms with Crippen molar-refractivity contribution < 1.29 is 40.7 Å². The molecule has 12 heteroatoms. The summed E-state index contributed by atoms with van der Waals surface area (Å²) in [6.07, 6.45) is 1.32. The van der Waals surface area contributed by atoms with E-state index in [1.807, 2.05) is 12.1 Å². The number of benzene rings is 2. The molecule has 4 N–H and O–H groups in total. The summed E-state index contributed by atoms with van der Waals surface area (Å²) in [5, 5.41) is 5.58. The van der Waals surface area contributed by atoms with Crippen LogP contribution < -0.4 is 10.6 Å². The summed E-state index contributed by atoms with van der Waals surface area (Å²) in [7, 11) is -4.17. The van der Waals surface area contributed by atoms with Gasteiger partial charge in [-0.3, -0.25) is 4.57 Å². The zero-order chi connectivity index (χ0) is 29.4. The molecular weight excluding hydrogens is 557 g/mol. The van der Waals surface area contributed by atoms with Crippen molar-refractivity contribution in [3.8, 4) is 0 Å². The number of nitrogens with one attached hydrogen (secondary N) is 2. The molecule has 1 aliphatic rings. The first-order valence-corrected chi connectivity index (χ1v) is 15.4. The molecule has 2 aromatic carbocycles. The van der Waals surface area contributed by atoms with Crippen molar-refractivity contribution in [2.24, 2.45) is 0 Å². The Morgan fingerprint density at radius 2 is 1.55 bits per heavy atom. The third kappa shape index (κ3) is 8.96. The molecule has 224 valence electrons. The molecule has 0 saturated heterocycles. The second kappa shape index (κ2) is 13.7. The number of halogens is 6. The van der Waals surface area contributed by atoms with E-state index in [1.165, 1.54) is 24.3 Å². The summed E-state index contributed by atoms with van der Waals surface area (Å²) in [6, 6.07) is 10.0. The molecular formula is C28H37F6N2O3P. The second-order valence-electron chi connectivity index (χ2n) is 10.6. The van der Waals surface area contributed by atoms with Crippen molar-refractivity contribution in [1.29, 1.82) is 0 Å². The Morgan fingerprint density at radius 3 is 2.17 bits per heavy atom. The van der Waals surface area contributed by atoms with E-state index >= 15 is 0 Å². The molecule has 2 aromatic rings. The Balaban J connectivity index is 1.63. The van der Waals surface area contributed by atoms with Crippen LogP contribution >= 0.6 is 7.60 Å². The minimum absolute atomic E-state index is 0.0339. The highest BCUT2D eigenvalue weighted by Gasteiger charge is 2.59. The van der Waals surface area contributed by atoms with Gasteiger partial charge in [0.2, 0.25) is 0 Å².